The number of hydrogen-bond donors (Lipinski definition) is 0. The van der Waals surface area contributed by atoms with Crippen molar-refractivity contribution < 1.29 is 4.42 Å². The molecule has 0 spiro atoms. The Hall–Kier alpha value is -1.22. The van der Waals surface area contributed by atoms with Gasteiger partial charge in [-0.3, -0.25) is 0 Å². The Labute approximate surface area is 93.7 Å². The summed E-state index contributed by atoms with van der Waals surface area (Å²) >= 11 is 1.61. The number of aryl methyl sites for hydroxylation is 2. The van der Waals surface area contributed by atoms with Gasteiger partial charge < -0.3 is 4.42 Å². The van der Waals surface area contributed by atoms with Gasteiger partial charge in [-0.25, -0.2) is 4.98 Å². The minimum Gasteiger partial charge on any atom is -0.440 e. The number of benzene rings is 1. The van der Waals surface area contributed by atoms with E-state index in [1.54, 1.807) is 11.8 Å². The second kappa shape index (κ2) is 4.11. The summed E-state index contributed by atoms with van der Waals surface area (Å²) in [7, 11) is 0. The van der Waals surface area contributed by atoms with Crippen molar-refractivity contribution in [3.63, 3.8) is 0 Å². The second-order valence-corrected chi connectivity index (χ2v) is 4.25. The van der Waals surface area contributed by atoms with Crippen LogP contribution in [0.25, 0.3) is 11.5 Å². The number of nitrogens with zero attached hydrogens (tertiary/aromatic N) is 1. The van der Waals surface area contributed by atoms with E-state index in [2.05, 4.69) is 24.0 Å². The summed E-state index contributed by atoms with van der Waals surface area (Å²) in [5, 5.41) is 0.963. The number of oxazole rings is 1. The highest BCUT2D eigenvalue weighted by molar-refractivity contribution is 7.98. The minimum absolute atomic E-state index is 0.705. The fourth-order valence-electron chi connectivity index (χ4n) is 1.39. The SMILES string of the molecule is CSc1nc(-c2ccc(C)cc2)oc1C. The van der Waals surface area contributed by atoms with E-state index >= 15 is 0 Å². The van der Waals surface area contributed by atoms with Crippen LogP contribution in [0.15, 0.2) is 33.7 Å². The average Bonchev–Trinajstić information content (AvgIpc) is 2.61. The maximum atomic E-state index is 5.60. The Morgan fingerprint density at radius 3 is 2.33 bits per heavy atom. The van der Waals surface area contributed by atoms with Crippen LogP contribution in [-0.2, 0) is 0 Å². The summed E-state index contributed by atoms with van der Waals surface area (Å²) in [6.45, 7) is 4.01. The molecule has 15 heavy (non-hydrogen) atoms. The molecule has 0 unspecified atom stereocenters. The van der Waals surface area contributed by atoms with Crippen LogP contribution in [0.5, 0.6) is 0 Å². The van der Waals surface area contributed by atoms with Gasteiger partial charge in [0.15, 0.2) is 0 Å². The molecule has 0 bridgehead atoms. The molecule has 0 atom stereocenters. The molecule has 0 aliphatic rings. The molecule has 0 fully saturated rings. The highest BCUT2D eigenvalue weighted by Crippen LogP contribution is 2.26. The zero-order valence-corrected chi connectivity index (χ0v) is 9.89. The van der Waals surface area contributed by atoms with Crippen molar-refractivity contribution >= 4 is 11.8 Å². The van der Waals surface area contributed by atoms with Gasteiger partial charge in [0.25, 0.3) is 0 Å². The van der Waals surface area contributed by atoms with Crippen molar-refractivity contribution in [1.82, 2.24) is 4.98 Å². The van der Waals surface area contributed by atoms with Gasteiger partial charge in [-0.2, -0.15) is 0 Å². The Morgan fingerprint density at radius 2 is 1.80 bits per heavy atom. The molecular weight excluding hydrogens is 206 g/mol. The first-order valence-electron chi connectivity index (χ1n) is 4.79. The average molecular weight is 219 g/mol. The summed E-state index contributed by atoms with van der Waals surface area (Å²) in [6.07, 6.45) is 2.00. The van der Waals surface area contributed by atoms with E-state index in [1.807, 2.05) is 25.3 Å². The standard InChI is InChI=1S/C12H13NOS/c1-8-4-6-10(7-5-8)11-13-12(15-3)9(2)14-11/h4-7H,1-3H3. The lowest BCUT2D eigenvalue weighted by Gasteiger charge is -1.95. The molecule has 0 amide bonds. The van der Waals surface area contributed by atoms with Gasteiger partial charge in [-0.1, -0.05) is 17.7 Å². The molecule has 0 saturated carbocycles. The Balaban J connectivity index is 2.41. The Morgan fingerprint density at radius 1 is 1.13 bits per heavy atom. The van der Waals surface area contributed by atoms with Crippen molar-refractivity contribution in [3.8, 4) is 11.5 Å². The zero-order valence-electron chi connectivity index (χ0n) is 9.07. The first-order chi connectivity index (χ1) is 7.20. The fourth-order valence-corrected chi connectivity index (χ4v) is 1.89. The van der Waals surface area contributed by atoms with E-state index < -0.39 is 0 Å². The number of thioether (sulfide) groups is 1. The molecule has 0 saturated heterocycles. The molecule has 2 rings (SSSR count). The van der Waals surface area contributed by atoms with E-state index in [9.17, 15) is 0 Å². The van der Waals surface area contributed by atoms with Gasteiger partial charge in [-0.15, -0.1) is 11.8 Å². The molecular formula is C12H13NOS. The highest BCUT2D eigenvalue weighted by atomic mass is 32.2. The minimum atomic E-state index is 0.705. The first-order valence-corrected chi connectivity index (χ1v) is 6.01. The van der Waals surface area contributed by atoms with Gasteiger partial charge in [0, 0.05) is 5.56 Å². The number of aromatic nitrogens is 1. The van der Waals surface area contributed by atoms with Crippen molar-refractivity contribution in [3.05, 3.63) is 35.6 Å². The number of rotatable bonds is 2. The lowest BCUT2D eigenvalue weighted by Crippen LogP contribution is -1.78. The fraction of sp³-hybridized carbons (Fsp3) is 0.250. The quantitative estimate of drug-likeness (QED) is 0.721. The largest absolute Gasteiger partial charge is 0.440 e. The second-order valence-electron chi connectivity index (χ2n) is 3.45. The molecule has 1 aromatic heterocycles. The highest BCUT2D eigenvalue weighted by Gasteiger charge is 2.09. The van der Waals surface area contributed by atoms with Gasteiger partial charge in [-0.05, 0) is 32.2 Å². The van der Waals surface area contributed by atoms with Crippen LogP contribution >= 0.6 is 11.8 Å². The monoisotopic (exact) mass is 219 g/mol. The molecule has 3 heteroatoms. The summed E-state index contributed by atoms with van der Waals surface area (Å²) in [5.74, 6) is 1.59. The molecule has 1 heterocycles. The van der Waals surface area contributed by atoms with Gasteiger partial charge in [0.05, 0.1) is 0 Å². The Bertz CT molecular complexity index is 459. The van der Waals surface area contributed by atoms with Gasteiger partial charge >= 0.3 is 0 Å². The third kappa shape index (κ3) is 2.07. The maximum absolute atomic E-state index is 5.60. The van der Waals surface area contributed by atoms with Crippen LogP contribution in [0.2, 0.25) is 0 Å². The normalized spacial score (nSPS) is 10.6. The van der Waals surface area contributed by atoms with E-state index in [4.69, 9.17) is 4.42 Å². The van der Waals surface area contributed by atoms with E-state index in [-0.39, 0.29) is 0 Å². The predicted octanol–water partition coefficient (Wildman–Crippen LogP) is 3.68. The molecule has 0 N–H and O–H groups in total. The van der Waals surface area contributed by atoms with Crippen molar-refractivity contribution in [2.75, 3.05) is 6.26 Å². The van der Waals surface area contributed by atoms with Crippen LogP contribution < -0.4 is 0 Å². The molecule has 0 radical (unpaired) electrons. The van der Waals surface area contributed by atoms with Crippen LogP contribution in [0.1, 0.15) is 11.3 Å². The first kappa shape index (κ1) is 10.3. The lowest BCUT2D eigenvalue weighted by molar-refractivity contribution is 0.537. The van der Waals surface area contributed by atoms with Crippen LogP contribution in [-0.4, -0.2) is 11.2 Å². The summed E-state index contributed by atoms with van der Waals surface area (Å²) < 4.78 is 5.60. The smallest absolute Gasteiger partial charge is 0.227 e. The van der Waals surface area contributed by atoms with Crippen LogP contribution in [0.3, 0.4) is 0 Å². The van der Waals surface area contributed by atoms with E-state index in [1.165, 1.54) is 5.56 Å². The summed E-state index contributed by atoms with van der Waals surface area (Å²) in [5.41, 5.74) is 2.27. The van der Waals surface area contributed by atoms with Crippen LogP contribution in [0, 0.1) is 13.8 Å². The van der Waals surface area contributed by atoms with Crippen molar-refractivity contribution in [2.45, 2.75) is 18.9 Å². The molecule has 2 nitrogen and oxygen atoms in total. The molecule has 0 aliphatic carbocycles. The van der Waals surface area contributed by atoms with Crippen molar-refractivity contribution in [2.24, 2.45) is 0 Å². The predicted molar refractivity (Wildman–Crippen MR) is 63.2 cm³/mol. The lowest BCUT2D eigenvalue weighted by atomic mass is 10.1. The number of hydrogen-bond acceptors (Lipinski definition) is 3. The third-order valence-corrected chi connectivity index (χ3v) is 3.01. The topological polar surface area (TPSA) is 26.0 Å². The molecule has 1 aromatic carbocycles. The van der Waals surface area contributed by atoms with E-state index in [0.29, 0.717) is 5.89 Å². The van der Waals surface area contributed by atoms with Crippen LogP contribution in [0.4, 0.5) is 0 Å². The van der Waals surface area contributed by atoms with E-state index in [0.717, 1.165) is 16.3 Å². The maximum Gasteiger partial charge on any atom is 0.227 e. The molecule has 2 aromatic rings. The molecule has 78 valence electrons. The third-order valence-electron chi connectivity index (χ3n) is 2.25. The Kier molecular flexibility index (Phi) is 2.82. The summed E-state index contributed by atoms with van der Waals surface area (Å²) in [6, 6.07) is 8.19. The van der Waals surface area contributed by atoms with Gasteiger partial charge in [0.2, 0.25) is 5.89 Å². The summed E-state index contributed by atoms with van der Waals surface area (Å²) in [4.78, 5) is 4.42. The van der Waals surface area contributed by atoms with Gasteiger partial charge in [0.1, 0.15) is 10.8 Å². The molecule has 0 aliphatic heterocycles. The van der Waals surface area contributed by atoms with Crippen molar-refractivity contribution in [1.29, 1.82) is 0 Å². The zero-order chi connectivity index (χ0) is 10.8.